The van der Waals surface area contributed by atoms with E-state index in [9.17, 15) is 9.36 Å². The highest BCUT2D eigenvalue weighted by Crippen LogP contribution is 2.47. The summed E-state index contributed by atoms with van der Waals surface area (Å²) in [5.41, 5.74) is 1.28. The van der Waals surface area contributed by atoms with Gasteiger partial charge in [-0.25, -0.2) is 0 Å². The summed E-state index contributed by atoms with van der Waals surface area (Å²) in [5.74, 6) is 1.60. The maximum Gasteiger partial charge on any atom is 0.231 e. The Labute approximate surface area is 197 Å². The number of hydrogen-bond acceptors (Lipinski definition) is 7. The minimum atomic E-state index is -2.60. The molecule has 9 nitrogen and oxygen atoms in total. The zero-order valence-electron chi connectivity index (χ0n) is 18.9. The van der Waals surface area contributed by atoms with E-state index in [1.165, 1.54) is 0 Å². The SMILES string of the molecule is CCCNc1nc(Nc2ccc(P3(=O)CCN(C(C)=O)CC3)cc2OC)nc2[nH]cc(Cl)c12. The number of carbonyl (C=O) groups is 1. The van der Waals surface area contributed by atoms with Crippen LogP contribution >= 0.6 is 18.7 Å². The molecule has 11 heteroatoms. The van der Waals surface area contributed by atoms with Crippen molar-refractivity contribution in [2.45, 2.75) is 20.3 Å². The number of nitrogens with one attached hydrogen (secondary N) is 3. The number of fused-ring (bicyclic) bond motifs is 1. The third-order valence-corrected chi connectivity index (χ3v) is 9.20. The molecule has 1 saturated heterocycles. The number of H-pyrrole nitrogens is 1. The van der Waals surface area contributed by atoms with Gasteiger partial charge in [-0.15, -0.1) is 0 Å². The summed E-state index contributed by atoms with van der Waals surface area (Å²) in [6.45, 7) is 5.39. The molecule has 0 spiro atoms. The Bertz CT molecular complexity index is 1220. The molecule has 176 valence electrons. The monoisotopic (exact) mass is 490 g/mol. The number of halogens is 1. The van der Waals surface area contributed by atoms with Crippen LogP contribution in [0.3, 0.4) is 0 Å². The maximum absolute atomic E-state index is 13.6. The van der Waals surface area contributed by atoms with Crippen molar-refractivity contribution in [3.63, 3.8) is 0 Å². The number of anilines is 3. The smallest absolute Gasteiger partial charge is 0.231 e. The van der Waals surface area contributed by atoms with Gasteiger partial charge in [0.25, 0.3) is 0 Å². The summed E-state index contributed by atoms with van der Waals surface area (Å²) < 4.78 is 19.2. The molecule has 0 aliphatic carbocycles. The molecule has 3 N–H and O–H groups in total. The lowest BCUT2D eigenvalue weighted by Gasteiger charge is -2.32. The molecule has 0 saturated carbocycles. The highest BCUT2D eigenvalue weighted by atomic mass is 35.5. The normalized spacial score (nSPS) is 15.5. The first-order chi connectivity index (χ1) is 15.8. The number of aromatic amines is 1. The molecule has 0 unspecified atom stereocenters. The van der Waals surface area contributed by atoms with Gasteiger partial charge in [-0.3, -0.25) is 4.79 Å². The molecule has 0 atom stereocenters. The van der Waals surface area contributed by atoms with Crippen LogP contribution in [0.15, 0.2) is 24.4 Å². The van der Waals surface area contributed by atoms with Crippen LogP contribution in [0, 0.1) is 0 Å². The standard InChI is InChI=1S/C22H28ClN6O3P/c1-4-7-24-20-19-16(23)13-25-21(19)28-22(27-20)26-17-6-5-15(12-18(17)32-3)33(31)10-8-29(9-11-33)14(2)30/h5-6,12-13H,4,7-11H2,1-3H3,(H3,24,25,26,27,28). The maximum atomic E-state index is 13.6. The van der Waals surface area contributed by atoms with Crippen LogP contribution in [0.2, 0.25) is 5.02 Å². The fourth-order valence-electron chi connectivity index (χ4n) is 3.94. The second-order valence-electron chi connectivity index (χ2n) is 8.04. The zero-order chi connectivity index (χ0) is 23.6. The minimum absolute atomic E-state index is 0.0199. The number of rotatable bonds is 7. The van der Waals surface area contributed by atoms with Crippen LogP contribution in [-0.2, 0) is 9.36 Å². The lowest BCUT2D eigenvalue weighted by molar-refractivity contribution is -0.128. The van der Waals surface area contributed by atoms with Crippen molar-refractivity contribution >= 4 is 58.4 Å². The van der Waals surface area contributed by atoms with E-state index < -0.39 is 7.14 Å². The Morgan fingerprint density at radius 2 is 2.06 bits per heavy atom. The molecule has 0 bridgehead atoms. The van der Waals surface area contributed by atoms with Gasteiger partial charge in [-0.1, -0.05) is 18.5 Å². The molecule has 3 aromatic rings. The van der Waals surface area contributed by atoms with E-state index in [2.05, 4.69) is 32.5 Å². The van der Waals surface area contributed by atoms with E-state index in [0.717, 1.165) is 23.7 Å². The van der Waals surface area contributed by atoms with Crippen LogP contribution in [0.1, 0.15) is 20.3 Å². The summed E-state index contributed by atoms with van der Waals surface area (Å²) >= 11 is 6.31. The topological polar surface area (TPSA) is 112 Å². The number of ether oxygens (including phenoxy) is 1. The van der Waals surface area contributed by atoms with Gasteiger partial charge >= 0.3 is 0 Å². The molecule has 1 aliphatic rings. The zero-order valence-corrected chi connectivity index (χ0v) is 20.6. The summed E-state index contributed by atoms with van der Waals surface area (Å²) in [4.78, 5) is 25.6. The van der Waals surface area contributed by atoms with E-state index in [-0.39, 0.29) is 5.91 Å². The molecule has 1 aliphatic heterocycles. The van der Waals surface area contributed by atoms with E-state index in [0.29, 0.717) is 59.3 Å². The van der Waals surface area contributed by atoms with E-state index in [1.54, 1.807) is 25.1 Å². The number of nitrogens with zero attached hydrogens (tertiary/aromatic N) is 3. The van der Waals surface area contributed by atoms with Gasteiger partial charge in [-0.2, -0.15) is 9.97 Å². The quantitative estimate of drug-likeness (QED) is 0.428. The summed E-state index contributed by atoms with van der Waals surface area (Å²) in [7, 11) is -1.03. The van der Waals surface area contributed by atoms with Gasteiger partial charge in [0.2, 0.25) is 11.9 Å². The second-order valence-corrected chi connectivity index (χ2v) is 11.6. The van der Waals surface area contributed by atoms with E-state index in [4.69, 9.17) is 16.3 Å². The van der Waals surface area contributed by atoms with Gasteiger partial charge in [0.1, 0.15) is 24.4 Å². The number of benzene rings is 1. The lowest BCUT2D eigenvalue weighted by atomic mass is 10.3. The van der Waals surface area contributed by atoms with Crippen molar-refractivity contribution in [2.24, 2.45) is 0 Å². The molecular formula is C22H28ClN6O3P. The first kappa shape index (κ1) is 23.4. The van der Waals surface area contributed by atoms with Gasteiger partial charge in [0.15, 0.2) is 0 Å². The Morgan fingerprint density at radius 1 is 1.30 bits per heavy atom. The molecular weight excluding hydrogens is 463 g/mol. The van der Waals surface area contributed by atoms with Crippen molar-refractivity contribution in [1.82, 2.24) is 19.9 Å². The molecule has 2 aromatic heterocycles. The summed E-state index contributed by atoms with van der Waals surface area (Å²) in [6.07, 6.45) is 3.58. The number of methoxy groups -OCH3 is 1. The van der Waals surface area contributed by atoms with Crippen LogP contribution < -0.4 is 20.7 Å². The number of amides is 1. The average molecular weight is 491 g/mol. The predicted octanol–water partition coefficient (Wildman–Crippen LogP) is 4.04. The first-order valence-corrected chi connectivity index (χ1v) is 13.4. The average Bonchev–Trinajstić information content (AvgIpc) is 3.18. The third-order valence-electron chi connectivity index (χ3n) is 5.84. The van der Waals surface area contributed by atoms with Crippen molar-refractivity contribution in [2.75, 3.05) is 49.7 Å². The van der Waals surface area contributed by atoms with E-state index >= 15 is 0 Å². The summed E-state index contributed by atoms with van der Waals surface area (Å²) in [5, 5.41) is 8.56. The Balaban J connectivity index is 1.61. The molecule has 0 radical (unpaired) electrons. The van der Waals surface area contributed by atoms with Gasteiger partial charge < -0.3 is 29.8 Å². The molecule has 1 aromatic carbocycles. The number of aromatic nitrogens is 3. The van der Waals surface area contributed by atoms with Crippen molar-refractivity contribution in [3.05, 3.63) is 29.4 Å². The van der Waals surface area contributed by atoms with Crippen LogP contribution in [-0.4, -0.2) is 64.8 Å². The molecule has 1 amide bonds. The highest BCUT2D eigenvalue weighted by Gasteiger charge is 2.32. The van der Waals surface area contributed by atoms with Crippen molar-refractivity contribution in [1.29, 1.82) is 0 Å². The predicted molar refractivity (Wildman–Crippen MR) is 133 cm³/mol. The van der Waals surface area contributed by atoms with Gasteiger partial charge in [0.05, 0.1) is 23.2 Å². The fourth-order valence-corrected chi connectivity index (χ4v) is 6.74. The first-order valence-electron chi connectivity index (χ1n) is 10.9. The Hall–Kier alpha value is -2.77. The second kappa shape index (κ2) is 9.61. The van der Waals surface area contributed by atoms with Crippen LogP contribution in [0.25, 0.3) is 11.0 Å². The van der Waals surface area contributed by atoms with E-state index in [1.807, 2.05) is 18.2 Å². The fraction of sp³-hybridized carbons (Fsp3) is 0.409. The molecule has 3 heterocycles. The van der Waals surface area contributed by atoms with Gasteiger partial charge in [-0.05, 0) is 24.6 Å². The third kappa shape index (κ3) is 4.80. The minimum Gasteiger partial charge on any atom is -0.495 e. The Morgan fingerprint density at radius 3 is 2.73 bits per heavy atom. The van der Waals surface area contributed by atoms with Crippen molar-refractivity contribution < 1.29 is 14.1 Å². The van der Waals surface area contributed by atoms with Crippen LogP contribution in [0.4, 0.5) is 17.5 Å². The summed E-state index contributed by atoms with van der Waals surface area (Å²) in [6, 6.07) is 5.50. The van der Waals surface area contributed by atoms with Gasteiger partial charge in [0, 0.05) is 50.4 Å². The highest BCUT2D eigenvalue weighted by molar-refractivity contribution is 7.71. The largest absolute Gasteiger partial charge is 0.495 e. The molecule has 33 heavy (non-hydrogen) atoms. The molecule has 1 fully saturated rings. The Kier molecular flexibility index (Phi) is 6.81. The number of hydrogen-bond donors (Lipinski definition) is 3. The number of carbonyl (C=O) groups excluding carboxylic acids is 1. The van der Waals surface area contributed by atoms with Crippen LogP contribution in [0.5, 0.6) is 5.75 Å². The molecule has 4 rings (SSSR count). The lowest BCUT2D eigenvalue weighted by Crippen LogP contribution is -2.39. The van der Waals surface area contributed by atoms with Crippen molar-refractivity contribution in [3.8, 4) is 5.75 Å².